The number of sulfonamides is 1. The molecule has 2 aromatic heterocycles. The van der Waals surface area contributed by atoms with Crippen molar-refractivity contribution in [1.29, 1.82) is 0 Å². The average molecular weight is 419 g/mol. The molecule has 2 atom stereocenters. The smallest absolute Gasteiger partial charge is 0.232 e. The van der Waals surface area contributed by atoms with Gasteiger partial charge in [0.25, 0.3) is 0 Å². The molecule has 0 aromatic carbocycles. The van der Waals surface area contributed by atoms with Crippen LogP contribution in [-0.2, 0) is 21.2 Å². The number of anilines is 2. The molecule has 2 fully saturated rings. The molecule has 5 heterocycles. The van der Waals surface area contributed by atoms with E-state index in [1.165, 1.54) is 10.6 Å². The van der Waals surface area contributed by atoms with Gasteiger partial charge in [-0.15, -0.1) is 0 Å². The molecule has 2 aromatic rings. The molecular weight excluding hydrogens is 392 g/mol. The third-order valence-corrected chi connectivity index (χ3v) is 7.17. The molecule has 1 unspecified atom stereocenters. The Kier molecular flexibility index (Phi) is 4.61. The molecular formula is C19H26N6O3S. The maximum Gasteiger partial charge on any atom is 0.232 e. The van der Waals surface area contributed by atoms with Crippen LogP contribution in [0.25, 0.3) is 10.9 Å². The molecule has 0 bridgehead atoms. The summed E-state index contributed by atoms with van der Waals surface area (Å²) in [6.45, 7) is 5.44. The Morgan fingerprint density at radius 1 is 1.31 bits per heavy atom. The monoisotopic (exact) mass is 418 g/mol. The highest BCUT2D eigenvalue weighted by Crippen LogP contribution is 2.43. The van der Waals surface area contributed by atoms with Gasteiger partial charge in [-0.2, -0.15) is 0 Å². The lowest BCUT2D eigenvalue weighted by Crippen LogP contribution is -2.44. The SMILES string of the molecule is C[C@@H]1COCCN1c1nc2c(C3CCNN3)nccc2c2c1CCN2S(C)(=O)=O. The van der Waals surface area contributed by atoms with Gasteiger partial charge in [0.05, 0.1) is 48.5 Å². The fraction of sp³-hybridized carbons (Fsp3) is 0.579. The van der Waals surface area contributed by atoms with E-state index >= 15 is 0 Å². The summed E-state index contributed by atoms with van der Waals surface area (Å²) in [5, 5.41) is 0.853. The molecule has 0 radical (unpaired) electrons. The zero-order chi connectivity index (χ0) is 20.2. The second-order valence-corrected chi connectivity index (χ2v) is 9.88. The fourth-order valence-electron chi connectivity index (χ4n) is 4.62. The summed E-state index contributed by atoms with van der Waals surface area (Å²) in [4.78, 5) is 12.0. The second kappa shape index (κ2) is 7.05. The number of fused-ring (bicyclic) bond motifs is 3. The van der Waals surface area contributed by atoms with Crippen molar-refractivity contribution in [2.24, 2.45) is 0 Å². The number of hydrazine groups is 1. The van der Waals surface area contributed by atoms with Crippen LogP contribution in [-0.4, -0.2) is 63.5 Å². The van der Waals surface area contributed by atoms with Gasteiger partial charge in [0.15, 0.2) is 0 Å². The van der Waals surface area contributed by atoms with Crippen molar-refractivity contribution in [3.05, 3.63) is 23.5 Å². The Morgan fingerprint density at radius 3 is 2.90 bits per heavy atom. The molecule has 156 valence electrons. The largest absolute Gasteiger partial charge is 0.377 e. The molecule has 29 heavy (non-hydrogen) atoms. The molecule has 0 amide bonds. The average Bonchev–Trinajstić information content (AvgIpc) is 3.37. The Balaban J connectivity index is 1.78. The molecule has 9 nitrogen and oxygen atoms in total. The number of hydrogen-bond acceptors (Lipinski definition) is 8. The van der Waals surface area contributed by atoms with E-state index in [0.717, 1.165) is 53.2 Å². The normalized spacial score (nSPS) is 25.0. The predicted molar refractivity (Wildman–Crippen MR) is 112 cm³/mol. The Bertz CT molecular complexity index is 1050. The number of nitrogens with one attached hydrogen (secondary N) is 2. The molecule has 0 aliphatic carbocycles. The third-order valence-electron chi connectivity index (χ3n) is 6.00. The van der Waals surface area contributed by atoms with Crippen LogP contribution < -0.4 is 20.1 Å². The van der Waals surface area contributed by atoms with E-state index in [-0.39, 0.29) is 12.1 Å². The van der Waals surface area contributed by atoms with Gasteiger partial charge in [0.1, 0.15) is 5.82 Å². The summed E-state index contributed by atoms with van der Waals surface area (Å²) in [6, 6.07) is 2.12. The van der Waals surface area contributed by atoms with E-state index in [1.807, 2.05) is 6.07 Å². The van der Waals surface area contributed by atoms with Crippen molar-refractivity contribution in [1.82, 2.24) is 20.8 Å². The highest BCUT2D eigenvalue weighted by Gasteiger charge is 2.35. The van der Waals surface area contributed by atoms with E-state index in [9.17, 15) is 8.42 Å². The number of nitrogens with zero attached hydrogens (tertiary/aromatic N) is 4. The van der Waals surface area contributed by atoms with E-state index in [1.54, 1.807) is 6.20 Å². The van der Waals surface area contributed by atoms with Crippen LogP contribution in [0.3, 0.4) is 0 Å². The summed E-state index contributed by atoms with van der Waals surface area (Å²) in [5.74, 6) is 0.870. The Morgan fingerprint density at radius 2 is 2.17 bits per heavy atom. The lowest BCUT2D eigenvalue weighted by molar-refractivity contribution is 0.0985. The molecule has 0 saturated carbocycles. The van der Waals surface area contributed by atoms with Gasteiger partial charge in [-0.3, -0.25) is 14.7 Å². The van der Waals surface area contributed by atoms with Gasteiger partial charge in [-0.05, 0) is 25.8 Å². The Hall–Kier alpha value is -2.01. The number of morpholine rings is 1. The molecule has 0 spiro atoms. The molecule has 10 heteroatoms. The van der Waals surface area contributed by atoms with E-state index in [2.05, 4.69) is 27.7 Å². The van der Waals surface area contributed by atoms with Gasteiger partial charge in [-0.25, -0.2) is 18.8 Å². The van der Waals surface area contributed by atoms with Crippen LogP contribution in [0.1, 0.15) is 30.6 Å². The number of rotatable bonds is 3. The van der Waals surface area contributed by atoms with E-state index in [0.29, 0.717) is 26.2 Å². The quantitative estimate of drug-likeness (QED) is 0.752. The highest BCUT2D eigenvalue weighted by atomic mass is 32.2. The first-order valence-corrected chi connectivity index (χ1v) is 11.9. The first kappa shape index (κ1) is 19.0. The van der Waals surface area contributed by atoms with Crippen LogP contribution in [0.4, 0.5) is 11.5 Å². The number of hydrogen-bond donors (Lipinski definition) is 2. The molecule has 3 aliphatic rings. The molecule has 2 N–H and O–H groups in total. The first-order valence-electron chi connectivity index (χ1n) is 10.1. The number of aromatic nitrogens is 2. The minimum Gasteiger partial charge on any atom is -0.377 e. The number of pyridine rings is 2. The zero-order valence-corrected chi connectivity index (χ0v) is 17.5. The summed E-state index contributed by atoms with van der Waals surface area (Å²) < 4.78 is 32.3. The van der Waals surface area contributed by atoms with Crippen molar-refractivity contribution in [3.63, 3.8) is 0 Å². The van der Waals surface area contributed by atoms with Crippen molar-refractivity contribution in [2.45, 2.75) is 31.8 Å². The maximum absolute atomic E-state index is 12.6. The highest BCUT2D eigenvalue weighted by molar-refractivity contribution is 7.92. The van der Waals surface area contributed by atoms with Gasteiger partial charge in [0.2, 0.25) is 10.0 Å². The van der Waals surface area contributed by atoms with Gasteiger partial charge in [-0.1, -0.05) is 0 Å². The van der Waals surface area contributed by atoms with Crippen molar-refractivity contribution in [2.75, 3.05) is 48.3 Å². The topological polar surface area (TPSA) is 99.7 Å². The summed E-state index contributed by atoms with van der Waals surface area (Å²) in [7, 11) is -3.39. The molecule has 5 rings (SSSR count). The molecule has 2 saturated heterocycles. The van der Waals surface area contributed by atoms with Crippen molar-refractivity contribution < 1.29 is 13.2 Å². The fourth-order valence-corrected chi connectivity index (χ4v) is 5.58. The standard InChI is InChI=1S/C19H26N6O3S/c1-12-11-28-10-9-24(12)19-14-5-8-25(29(2,26)27)18(14)13-3-6-20-17(16(13)22-19)15-4-7-21-23-15/h3,6,12,15,21,23H,4-5,7-11H2,1-2H3/t12-,15?/m1/s1. The second-order valence-electron chi connectivity index (χ2n) is 7.97. The van der Waals surface area contributed by atoms with Crippen LogP contribution in [0, 0.1) is 0 Å². The zero-order valence-electron chi connectivity index (χ0n) is 16.7. The van der Waals surface area contributed by atoms with E-state index in [4.69, 9.17) is 9.72 Å². The summed E-state index contributed by atoms with van der Waals surface area (Å²) in [5.41, 5.74) is 9.82. The first-order chi connectivity index (χ1) is 13.9. The van der Waals surface area contributed by atoms with Gasteiger partial charge >= 0.3 is 0 Å². The lowest BCUT2D eigenvalue weighted by Gasteiger charge is -2.36. The van der Waals surface area contributed by atoms with Gasteiger partial charge in [0, 0.05) is 36.8 Å². The van der Waals surface area contributed by atoms with E-state index < -0.39 is 10.0 Å². The van der Waals surface area contributed by atoms with Crippen LogP contribution in [0.5, 0.6) is 0 Å². The number of ether oxygens (including phenoxy) is 1. The third kappa shape index (κ3) is 3.14. The van der Waals surface area contributed by atoms with Gasteiger partial charge < -0.3 is 9.64 Å². The van der Waals surface area contributed by atoms with Crippen LogP contribution in [0.15, 0.2) is 12.3 Å². The minimum atomic E-state index is -3.39. The van der Waals surface area contributed by atoms with Crippen molar-refractivity contribution in [3.8, 4) is 0 Å². The summed E-state index contributed by atoms with van der Waals surface area (Å²) in [6.07, 6.45) is 4.60. The van der Waals surface area contributed by atoms with Crippen LogP contribution >= 0.6 is 0 Å². The predicted octanol–water partition coefficient (Wildman–Crippen LogP) is 0.716. The summed E-state index contributed by atoms with van der Waals surface area (Å²) >= 11 is 0. The molecule has 3 aliphatic heterocycles. The van der Waals surface area contributed by atoms with Crippen LogP contribution in [0.2, 0.25) is 0 Å². The minimum absolute atomic E-state index is 0.0484. The Labute approximate surface area is 170 Å². The lowest BCUT2D eigenvalue weighted by atomic mass is 10.0. The maximum atomic E-state index is 12.6. The van der Waals surface area contributed by atoms with Crippen molar-refractivity contribution >= 4 is 32.4 Å².